The zero-order valence-corrected chi connectivity index (χ0v) is 19.1. The average Bonchev–Trinajstić information content (AvgIpc) is 3.13. The van der Waals surface area contributed by atoms with Gasteiger partial charge in [-0.15, -0.1) is 0 Å². The van der Waals surface area contributed by atoms with Crippen LogP contribution in [0.1, 0.15) is 37.7 Å². The van der Waals surface area contributed by atoms with E-state index in [-0.39, 0.29) is 16.8 Å². The molecule has 1 aromatic heterocycles. The molecule has 4 rings (SSSR count). The molecule has 1 heterocycles. The topological polar surface area (TPSA) is 93.1 Å². The van der Waals surface area contributed by atoms with E-state index in [1.165, 1.54) is 0 Å². The Morgan fingerprint density at radius 2 is 1.50 bits per heavy atom. The summed E-state index contributed by atoms with van der Waals surface area (Å²) in [6.07, 6.45) is 0. The molecule has 7 nitrogen and oxygen atoms in total. The summed E-state index contributed by atoms with van der Waals surface area (Å²) in [7, 11) is 0. The summed E-state index contributed by atoms with van der Waals surface area (Å²) in [5.74, 6) is -1.95. The number of rotatable bonds is 6. The first-order valence-corrected chi connectivity index (χ1v) is 10.8. The Bertz CT molecular complexity index is 1390. The fourth-order valence-corrected chi connectivity index (χ4v) is 3.80. The quantitative estimate of drug-likeness (QED) is 0.322. The molecule has 3 aromatic carbocycles. The van der Waals surface area contributed by atoms with Gasteiger partial charge in [-0.2, -0.15) is 5.10 Å². The normalized spacial score (nSPS) is 10.6. The van der Waals surface area contributed by atoms with E-state index in [4.69, 9.17) is 0 Å². The van der Waals surface area contributed by atoms with Crippen LogP contribution in [0.2, 0.25) is 0 Å². The molecule has 0 aliphatic rings. The molecule has 4 aromatic rings. The molecule has 170 valence electrons. The Kier molecular flexibility index (Phi) is 6.36. The highest BCUT2D eigenvalue weighted by Gasteiger charge is 2.26. The number of carbonyl (C=O) groups is 3. The number of anilines is 2. The summed E-state index contributed by atoms with van der Waals surface area (Å²) >= 11 is 0. The number of hydrogen-bond donors (Lipinski definition) is 2. The third kappa shape index (κ3) is 4.63. The van der Waals surface area contributed by atoms with Crippen LogP contribution >= 0.6 is 0 Å². The van der Waals surface area contributed by atoms with Gasteiger partial charge in [-0.3, -0.25) is 14.4 Å². The first-order valence-electron chi connectivity index (χ1n) is 10.8. The van der Waals surface area contributed by atoms with Crippen molar-refractivity contribution in [3.8, 4) is 5.69 Å². The Morgan fingerprint density at radius 1 is 0.794 bits per heavy atom. The highest BCUT2D eigenvalue weighted by Crippen LogP contribution is 2.21. The molecule has 2 amide bonds. The first kappa shape index (κ1) is 22.7. The minimum Gasteiger partial charge on any atom is -0.322 e. The predicted molar refractivity (Wildman–Crippen MR) is 132 cm³/mol. The standard InChI is InChI=1S/C27H24N4O3/c1-17-10-9-11-20(16-17)28-26(33)22-14-7-8-15-23(22)29-27(34)25(32)24-18(2)30-31(19(24)3)21-12-5-4-6-13-21/h4-16H,1-3H3,(H,28,33)(H,29,34). The number of nitrogens with zero attached hydrogens (tertiary/aromatic N) is 2. The van der Waals surface area contributed by atoms with Crippen LogP contribution in [0.15, 0.2) is 78.9 Å². The zero-order valence-electron chi connectivity index (χ0n) is 19.1. The van der Waals surface area contributed by atoms with E-state index in [2.05, 4.69) is 15.7 Å². The van der Waals surface area contributed by atoms with E-state index in [1.807, 2.05) is 55.5 Å². The van der Waals surface area contributed by atoms with Crippen molar-refractivity contribution in [1.82, 2.24) is 9.78 Å². The molecule has 0 bridgehead atoms. The van der Waals surface area contributed by atoms with Gasteiger partial charge in [0.1, 0.15) is 0 Å². The zero-order chi connectivity index (χ0) is 24.2. The average molecular weight is 453 g/mol. The summed E-state index contributed by atoms with van der Waals surface area (Å²) in [5, 5.41) is 9.87. The van der Waals surface area contributed by atoms with Gasteiger partial charge in [-0.1, -0.05) is 42.5 Å². The van der Waals surface area contributed by atoms with E-state index >= 15 is 0 Å². The molecule has 0 fully saturated rings. The number of benzene rings is 3. The van der Waals surface area contributed by atoms with Crippen molar-refractivity contribution in [1.29, 1.82) is 0 Å². The number of carbonyl (C=O) groups excluding carboxylic acids is 3. The van der Waals surface area contributed by atoms with Crippen molar-refractivity contribution in [2.24, 2.45) is 0 Å². The molecule has 0 aliphatic heterocycles. The number of aryl methyl sites for hydroxylation is 2. The number of ketones is 1. The largest absolute Gasteiger partial charge is 0.322 e. The van der Waals surface area contributed by atoms with Crippen LogP contribution in [0.5, 0.6) is 0 Å². The third-order valence-corrected chi connectivity index (χ3v) is 5.42. The number of Topliss-reactive ketones (excluding diaryl/α,β-unsaturated/α-hetero) is 1. The second kappa shape index (κ2) is 9.54. The Labute approximate surface area is 197 Å². The van der Waals surface area contributed by atoms with Gasteiger partial charge < -0.3 is 10.6 Å². The molecule has 0 saturated carbocycles. The maximum atomic E-state index is 13.1. The van der Waals surface area contributed by atoms with E-state index in [0.29, 0.717) is 17.1 Å². The smallest absolute Gasteiger partial charge is 0.296 e. The van der Waals surface area contributed by atoms with Crippen molar-refractivity contribution < 1.29 is 14.4 Å². The molecule has 0 radical (unpaired) electrons. The lowest BCUT2D eigenvalue weighted by Gasteiger charge is -2.12. The summed E-state index contributed by atoms with van der Waals surface area (Å²) in [6.45, 7) is 5.37. The van der Waals surface area contributed by atoms with Gasteiger partial charge in [-0.25, -0.2) is 4.68 Å². The minimum atomic E-state index is -0.838. The molecule has 0 atom stereocenters. The number of nitrogens with one attached hydrogen (secondary N) is 2. The Hall–Kier alpha value is -4.52. The lowest BCUT2D eigenvalue weighted by Crippen LogP contribution is -2.25. The monoisotopic (exact) mass is 452 g/mol. The molecule has 0 unspecified atom stereocenters. The van der Waals surface area contributed by atoms with E-state index in [9.17, 15) is 14.4 Å². The summed E-state index contributed by atoms with van der Waals surface area (Å²) < 4.78 is 1.64. The fraction of sp³-hybridized carbons (Fsp3) is 0.111. The molecule has 0 saturated heterocycles. The SMILES string of the molecule is Cc1cccc(NC(=O)c2ccccc2NC(=O)C(=O)c2c(C)nn(-c3ccccc3)c2C)c1. The van der Waals surface area contributed by atoms with Gasteiger partial charge >= 0.3 is 0 Å². The minimum absolute atomic E-state index is 0.239. The van der Waals surface area contributed by atoms with Crippen LogP contribution in [-0.2, 0) is 4.79 Å². The van der Waals surface area contributed by atoms with E-state index < -0.39 is 17.6 Å². The van der Waals surface area contributed by atoms with Crippen molar-refractivity contribution in [2.75, 3.05) is 10.6 Å². The second-order valence-corrected chi connectivity index (χ2v) is 7.95. The number of hydrogen-bond acceptors (Lipinski definition) is 4. The van der Waals surface area contributed by atoms with Gasteiger partial charge in [-0.05, 0) is 62.7 Å². The van der Waals surface area contributed by atoms with Crippen LogP contribution in [0.25, 0.3) is 5.69 Å². The second-order valence-electron chi connectivity index (χ2n) is 7.95. The fourth-order valence-electron chi connectivity index (χ4n) is 3.80. The van der Waals surface area contributed by atoms with Crippen molar-refractivity contribution in [3.05, 3.63) is 107 Å². The third-order valence-electron chi connectivity index (χ3n) is 5.42. The lowest BCUT2D eigenvalue weighted by molar-refractivity contribution is -0.112. The van der Waals surface area contributed by atoms with E-state index in [1.54, 1.807) is 48.9 Å². The van der Waals surface area contributed by atoms with Crippen molar-refractivity contribution >= 4 is 29.0 Å². The molecular formula is C27H24N4O3. The van der Waals surface area contributed by atoms with Crippen LogP contribution in [-0.4, -0.2) is 27.4 Å². The maximum absolute atomic E-state index is 13.1. The Morgan fingerprint density at radius 3 is 2.24 bits per heavy atom. The Balaban J connectivity index is 1.57. The summed E-state index contributed by atoms with van der Waals surface area (Å²) in [5.41, 5.74) is 4.19. The lowest BCUT2D eigenvalue weighted by atomic mass is 10.1. The summed E-state index contributed by atoms with van der Waals surface area (Å²) in [4.78, 5) is 38.9. The molecule has 2 N–H and O–H groups in total. The van der Waals surface area contributed by atoms with Gasteiger partial charge in [0.2, 0.25) is 0 Å². The molecular weight excluding hydrogens is 428 g/mol. The van der Waals surface area contributed by atoms with Crippen molar-refractivity contribution in [2.45, 2.75) is 20.8 Å². The van der Waals surface area contributed by atoms with E-state index in [0.717, 1.165) is 11.3 Å². The predicted octanol–water partition coefficient (Wildman–Crippen LogP) is 4.87. The number of aromatic nitrogens is 2. The maximum Gasteiger partial charge on any atom is 0.296 e. The number of amides is 2. The summed E-state index contributed by atoms with van der Waals surface area (Å²) in [6, 6.07) is 23.3. The highest BCUT2D eigenvalue weighted by atomic mass is 16.2. The molecule has 34 heavy (non-hydrogen) atoms. The molecule has 7 heteroatoms. The number of para-hydroxylation sites is 2. The van der Waals surface area contributed by atoms with Gasteiger partial charge in [0, 0.05) is 5.69 Å². The van der Waals surface area contributed by atoms with Crippen molar-refractivity contribution in [3.63, 3.8) is 0 Å². The van der Waals surface area contributed by atoms with Crippen LogP contribution in [0, 0.1) is 20.8 Å². The highest BCUT2D eigenvalue weighted by molar-refractivity contribution is 6.47. The molecule has 0 spiro atoms. The van der Waals surface area contributed by atoms with Crippen LogP contribution < -0.4 is 10.6 Å². The van der Waals surface area contributed by atoms with Gasteiger partial charge in [0.25, 0.3) is 17.6 Å². The van der Waals surface area contributed by atoms with Crippen LogP contribution in [0.3, 0.4) is 0 Å². The van der Waals surface area contributed by atoms with Gasteiger partial charge in [0.05, 0.1) is 33.9 Å². The van der Waals surface area contributed by atoms with Gasteiger partial charge in [0.15, 0.2) is 0 Å². The first-order chi connectivity index (χ1) is 16.3. The van der Waals surface area contributed by atoms with Crippen LogP contribution in [0.4, 0.5) is 11.4 Å². The molecule has 0 aliphatic carbocycles.